The minimum atomic E-state index is 0. The van der Waals surface area contributed by atoms with Crippen LogP contribution in [0.15, 0.2) is 42.5 Å². The zero-order valence-electron chi connectivity index (χ0n) is 11.3. The van der Waals surface area contributed by atoms with E-state index in [0.717, 1.165) is 17.7 Å². The topological polar surface area (TPSA) is 35.2 Å². The van der Waals surface area contributed by atoms with Gasteiger partial charge in [-0.05, 0) is 37.1 Å². The van der Waals surface area contributed by atoms with E-state index in [2.05, 4.69) is 31.2 Å². The molecule has 0 aliphatic carbocycles. The first-order valence-corrected chi connectivity index (χ1v) is 6.19. The van der Waals surface area contributed by atoms with E-state index in [1.54, 1.807) is 7.11 Å². The Balaban J connectivity index is 0.00000180. The lowest BCUT2D eigenvalue weighted by Crippen LogP contribution is -2.04. The number of ether oxygens (including phenoxy) is 1. The highest BCUT2D eigenvalue weighted by Gasteiger charge is 2.09. The highest BCUT2D eigenvalue weighted by molar-refractivity contribution is 5.85. The van der Waals surface area contributed by atoms with Crippen molar-refractivity contribution in [3.63, 3.8) is 0 Å². The number of halogens is 1. The number of hydrogen-bond acceptors (Lipinski definition) is 2. The Kier molecular flexibility index (Phi) is 5.87. The molecule has 2 rings (SSSR count). The van der Waals surface area contributed by atoms with Crippen LogP contribution in [0.5, 0.6) is 5.75 Å². The van der Waals surface area contributed by atoms with Crippen LogP contribution in [0.4, 0.5) is 0 Å². The van der Waals surface area contributed by atoms with Crippen molar-refractivity contribution in [3.05, 3.63) is 53.6 Å². The van der Waals surface area contributed by atoms with Gasteiger partial charge in [0.25, 0.3) is 0 Å². The van der Waals surface area contributed by atoms with E-state index >= 15 is 0 Å². The second-order valence-corrected chi connectivity index (χ2v) is 4.40. The predicted molar refractivity (Wildman–Crippen MR) is 83.2 cm³/mol. The van der Waals surface area contributed by atoms with Gasteiger partial charge in [-0.1, -0.05) is 42.0 Å². The molecule has 2 N–H and O–H groups in total. The Hall–Kier alpha value is -1.51. The molecule has 0 heterocycles. The number of nitrogens with two attached hydrogens (primary N) is 1. The van der Waals surface area contributed by atoms with Crippen molar-refractivity contribution in [3.8, 4) is 16.9 Å². The molecule has 0 unspecified atom stereocenters. The van der Waals surface area contributed by atoms with E-state index in [1.807, 2.05) is 18.2 Å². The summed E-state index contributed by atoms with van der Waals surface area (Å²) in [6, 6.07) is 14.6. The molecular weight excluding hydrogens is 258 g/mol. The molecule has 0 bridgehead atoms. The Labute approximate surface area is 121 Å². The molecule has 0 fully saturated rings. The molecule has 0 radical (unpaired) electrons. The summed E-state index contributed by atoms with van der Waals surface area (Å²) < 4.78 is 5.44. The molecule has 3 heteroatoms. The Bertz CT molecular complexity index is 540. The number of methoxy groups -OCH3 is 1. The monoisotopic (exact) mass is 277 g/mol. The van der Waals surface area contributed by atoms with Gasteiger partial charge in [0, 0.05) is 5.56 Å². The SMILES string of the molecule is COc1ccccc1-c1cc(C)ccc1CCN.Cl. The average molecular weight is 278 g/mol. The van der Waals surface area contributed by atoms with Gasteiger partial charge in [0.2, 0.25) is 0 Å². The second kappa shape index (κ2) is 7.17. The first-order chi connectivity index (χ1) is 8.76. The Morgan fingerprint density at radius 3 is 2.47 bits per heavy atom. The lowest BCUT2D eigenvalue weighted by atomic mass is 9.95. The molecular formula is C16H20ClNO. The third-order valence-electron chi connectivity index (χ3n) is 3.08. The number of rotatable bonds is 4. The molecule has 102 valence electrons. The maximum absolute atomic E-state index is 5.68. The molecule has 0 atom stereocenters. The molecule has 2 nitrogen and oxygen atoms in total. The van der Waals surface area contributed by atoms with Crippen molar-refractivity contribution in [1.29, 1.82) is 0 Å². The van der Waals surface area contributed by atoms with Gasteiger partial charge in [-0.25, -0.2) is 0 Å². The standard InChI is InChI=1S/C16H19NO.ClH/c1-12-7-8-13(9-10-17)15(11-12)14-5-3-4-6-16(14)18-2;/h3-8,11H,9-10,17H2,1-2H3;1H. The van der Waals surface area contributed by atoms with Crippen LogP contribution in [0.25, 0.3) is 11.1 Å². The molecule has 0 aliphatic heterocycles. The normalized spacial score (nSPS) is 9.84. The van der Waals surface area contributed by atoms with Gasteiger partial charge in [0.1, 0.15) is 5.75 Å². The summed E-state index contributed by atoms with van der Waals surface area (Å²) in [6.45, 7) is 2.76. The van der Waals surface area contributed by atoms with Crippen LogP contribution in [0.3, 0.4) is 0 Å². The van der Waals surface area contributed by atoms with Gasteiger partial charge in [-0.3, -0.25) is 0 Å². The molecule has 0 saturated heterocycles. The summed E-state index contributed by atoms with van der Waals surface area (Å²) in [6.07, 6.45) is 0.883. The molecule has 0 amide bonds. The van der Waals surface area contributed by atoms with E-state index in [9.17, 15) is 0 Å². The zero-order valence-corrected chi connectivity index (χ0v) is 12.2. The molecule has 2 aromatic carbocycles. The Morgan fingerprint density at radius 1 is 1.05 bits per heavy atom. The fourth-order valence-electron chi connectivity index (χ4n) is 2.18. The van der Waals surface area contributed by atoms with Gasteiger partial charge in [-0.2, -0.15) is 0 Å². The van der Waals surface area contributed by atoms with Crippen LogP contribution in [-0.2, 0) is 6.42 Å². The van der Waals surface area contributed by atoms with Gasteiger partial charge in [-0.15, -0.1) is 12.4 Å². The van der Waals surface area contributed by atoms with E-state index in [1.165, 1.54) is 16.7 Å². The van der Waals surface area contributed by atoms with Gasteiger partial charge < -0.3 is 10.5 Å². The maximum Gasteiger partial charge on any atom is 0.126 e. The third kappa shape index (κ3) is 3.49. The van der Waals surface area contributed by atoms with Crippen LogP contribution < -0.4 is 10.5 Å². The summed E-state index contributed by atoms with van der Waals surface area (Å²) in [7, 11) is 1.71. The molecule has 0 saturated carbocycles. The van der Waals surface area contributed by atoms with Crippen LogP contribution in [0, 0.1) is 6.92 Å². The molecule has 0 aromatic heterocycles. The quantitative estimate of drug-likeness (QED) is 0.927. The fourth-order valence-corrected chi connectivity index (χ4v) is 2.18. The van der Waals surface area contributed by atoms with Gasteiger partial charge >= 0.3 is 0 Å². The minimum Gasteiger partial charge on any atom is -0.496 e. The highest BCUT2D eigenvalue weighted by Crippen LogP contribution is 2.32. The van der Waals surface area contributed by atoms with Crippen molar-refractivity contribution < 1.29 is 4.74 Å². The van der Waals surface area contributed by atoms with E-state index in [0.29, 0.717) is 6.54 Å². The maximum atomic E-state index is 5.68. The minimum absolute atomic E-state index is 0. The van der Waals surface area contributed by atoms with Crippen molar-refractivity contribution >= 4 is 12.4 Å². The number of para-hydroxylation sites is 1. The lowest BCUT2D eigenvalue weighted by Gasteiger charge is -2.13. The highest BCUT2D eigenvalue weighted by atomic mass is 35.5. The first-order valence-electron chi connectivity index (χ1n) is 6.19. The van der Waals surface area contributed by atoms with Crippen LogP contribution >= 0.6 is 12.4 Å². The van der Waals surface area contributed by atoms with Crippen molar-refractivity contribution in [1.82, 2.24) is 0 Å². The summed E-state index contributed by atoms with van der Waals surface area (Å²) in [5, 5.41) is 0. The van der Waals surface area contributed by atoms with Gasteiger partial charge in [0.15, 0.2) is 0 Å². The number of aryl methyl sites for hydroxylation is 1. The molecule has 2 aromatic rings. The first kappa shape index (κ1) is 15.5. The second-order valence-electron chi connectivity index (χ2n) is 4.40. The predicted octanol–water partition coefficient (Wildman–Crippen LogP) is 3.59. The average Bonchev–Trinajstić information content (AvgIpc) is 2.41. The lowest BCUT2D eigenvalue weighted by molar-refractivity contribution is 0.416. The van der Waals surface area contributed by atoms with E-state index < -0.39 is 0 Å². The van der Waals surface area contributed by atoms with E-state index in [-0.39, 0.29) is 12.4 Å². The van der Waals surface area contributed by atoms with Crippen LogP contribution in [0.2, 0.25) is 0 Å². The number of hydrogen-bond donors (Lipinski definition) is 1. The van der Waals surface area contributed by atoms with Gasteiger partial charge in [0.05, 0.1) is 7.11 Å². The summed E-state index contributed by atoms with van der Waals surface area (Å²) >= 11 is 0. The summed E-state index contributed by atoms with van der Waals surface area (Å²) in [4.78, 5) is 0. The van der Waals surface area contributed by atoms with Crippen LogP contribution in [0.1, 0.15) is 11.1 Å². The Morgan fingerprint density at radius 2 is 1.79 bits per heavy atom. The number of benzene rings is 2. The summed E-state index contributed by atoms with van der Waals surface area (Å²) in [5.74, 6) is 0.904. The third-order valence-corrected chi connectivity index (χ3v) is 3.08. The van der Waals surface area contributed by atoms with Crippen molar-refractivity contribution in [2.75, 3.05) is 13.7 Å². The van der Waals surface area contributed by atoms with Crippen molar-refractivity contribution in [2.45, 2.75) is 13.3 Å². The fraction of sp³-hybridized carbons (Fsp3) is 0.250. The van der Waals surface area contributed by atoms with Crippen molar-refractivity contribution in [2.24, 2.45) is 5.73 Å². The van der Waals surface area contributed by atoms with Crippen LogP contribution in [-0.4, -0.2) is 13.7 Å². The molecule has 0 spiro atoms. The smallest absolute Gasteiger partial charge is 0.126 e. The zero-order chi connectivity index (χ0) is 13.0. The largest absolute Gasteiger partial charge is 0.496 e. The summed E-state index contributed by atoms with van der Waals surface area (Å²) in [5.41, 5.74) is 10.6. The molecule has 19 heavy (non-hydrogen) atoms. The van der Waals surface area contributed by atoms with E-state index in [4.69, 9.17) is 10.5 Å². The molecule has 0 aliphatic rings.